The molecule has 0 saturated heterocycles. The molecule has 0 aliphatic heterocycles. The van der Waals surface area contributed by atoms with Gasteiger partial charge in [0.05, 0.1) is 23.9 Å². The highest BCUT2D eigenvalue weighted by molar-refractivity contribution is 5.77. The Kier molecular flexibility index (Phi) is 4.46. The molecule has 28 heavy (non-hydrogen) atoms. The Morgan fingerprint density at radius 1 is 0.964 bits per heavy atom. The van der Waals surface area contributed by atoms with Gasteiger partial charge in [-0.25, -0.2) is 9.97 Å². The average Bonchev–Trinajstić information content (AvgIpc) is 2.70. The molecule has 2 aromatic carbocycles. The number of benzene rings is 2. The predicted molar refractivity (Wildman–Crippen MR) is 109 cm³/mol. The maximum Gasteiger partial charge on any atom is 0.252 e. The lowest BCUT2D eigenvalue weighted by molar-refractivity contribution is 0.777. The van der Waals surface area contributed by atoms with Crippen LogP contribution in [0.25, 0.3) is 22.2 Å². The van der Waals surface area contributed by atoms with E-state index < -0.39 is 0 Å². The first-order valence-corrected chi connectivity index (χ1v) is 9.00. The Morgan fingerprint density at radius 3 is 2.46 bits per heavy atom. The van der Waals surface area contributed by atoms with Crippen LogP contribution in [0.15, 0.2) is 65.5 Å². The molecule has 0 radical (unpaired) electrons. The summed E-state index contributed by atoms with van der Waals surface area (Å²) in [5.41, 5.74) is 4.92. The molecular weight excluding hydrogens is 348 g/mol. The monoisotopic (exact) mass is 366 g/mol. The minimum atomic E-state index is -0.0936. The highest BCUT2D eigenvalue weighted by atomic mass is 16.1. The summed E-state index contributed by atoms with van der Waals surface area (Å²) in [5, 5.41) is 10.2. The topological polar surface area (TPSA) is 71.6 Å². The minimum Gasteiger partial charge on any atom is -0.288 e. The summed E-state index contributed by atoms with van der Waals surface area (Å²) in [4.78, 5) is 21.4. The van der Waals surface area contributed by atoms with Gasteiger partial charge in [0.2, 0.25) is 0 Å². The van der Waals surface area contributed by atoms with Crippen LogP contribution in [0.3, 0.4) is 0 Å². The molecule has 5 heteroatoms. The molecule has 0 atom stereocenters. The number of fused-ring (bicyclic) bond motifs is 1. The van der Waals surface area contributed by atoms with E-state index in [4.69, 9.17) is 0 Å². The molecule has 0 amide bonds. The van der Waals surface area contributed by atoms with Gasteiger partial charge in [0.1, 0.15) is 11.5 Å². The predicted octanol–water partition coefficient (Wildman–Crippen LogP) is 4.00. The zero-order valence-corrected chi connectivity index (χ0v) is 15.7. The lowest BCUT2D eigenvalue weighted by atomic mass is 9.99. The van der Waals surface area contributed by atoms with Gasteiger partial charge in [-0.1, -0.05) is 42.5 Å². The van der Waals surface area contributed by atoms with Crippen molar-refractivity contribution < 1.29 is 0 Å². The molecule has 0 N–H and O–H groups in total. The van der Waals surface area contributed by atoms with Gasteiger partial charge in [-0.05, 0) is 42.7 Å². The van der Waals surface area contributed by atoms with Crippen molar-refractivity contribution in [1.82, 2.24) is 14.5 Å². The molecule has 0 unspecified atom stereocenters. The fraction of sp³-hybridized carbons (Fsp3) is 0.130. The summed E-state index contributed by atoms with van der Waals surface area (Å²) < 4.78 is 1.68. The fourth-order valence-electron chi connectivity index (χ4n) is 3.41. The van der Waals surface area contributed by atoms with Gasteiger partial charge in [0.15, 0.2) is 0 Å². The second kappa shape index (κ2) is 7.09. The number of hydrogen-bond donors (Lipinski definition) is 0. The van der Waals surface area contributed by atoms with Crippen molar-refractivity contribution >= 4 is 11.0 Å². The average molecular weight is 366 g/mol. The van der Waals surface area contributed by atoms with E-state index in [1.54, 1.807) is 16.7 Å². The molecule has 0 aliphatic rings. The van der Waals surface area contributed by atoms with Crippen LogP contribution in [0.4, 0.5) is 0 Å². The van der Waals surface area contributed by atoms with E-state index in [0.717, 1.165) is 27.8 Å². The van der Waals surface area contributed by atoms with Crippen molar-refractivity contribution in [3.05, 3.63) is 93.7 Å². The zero-order chi connectivity index (χ0) is 19.7. The molecule has 2 aromatic heterocycles. The van der Waals surface area contributed by atoms with E-state index in [9.17, 15) is 10.1 Å². The third-order valence-electron chi connectivity index (χ3n) is 4.80. The first-order valence-electron chi connectivity index (χ1n) is 9.00. The smallest absolute Gasteiger partial charge is 0.252 e. The highest BCUT2D eigenvalue weighted by Crippen LogP contribution is 2.24. The SMILES string of the molecule is Cc1nc(C)c2ccc(=O)n(Cc3ccc(-c4ccccc4C#N)cc3)c2n1. The molecule has 5 nitrogen and oxygen atoms in total. The fourth-order valence-corrected chi connectivity index (χ4v) is 3.41. The Bertz CT molecular complexity index is 1280. The lowest BCUT2D eigenvalue weighted by Gasteiger charge is -2.12. The Morgan fingerprint density at radius 2 is 1.71 bits per heavy atom. The third kappa shape index (κ3) is 3.17. The number of nitrogens with zero attached hydrogens (tertiary/aromatic N) is 4. The van der Waals surface area contributed by atoms with Crippen LogP contribution in [-0.4, -0.2) is 14.5 Å². The van der Waals surface area contributed by atoms with Gasteiger partial charge in [0, 0.05) is 11.5 Å². The van der Waals surface area contributed by atoms with Gasteiger partial charge >= 0.3 is 0 Å². The van der Waals surface area contributed by atoms with Gasteiger partial charge in [-0.15, -0.1) is 0 Å². The quantitative estimate of drug-likeness (QED) is 0.549. The molecule has 0 aliphatic carbocycles. The van der Waals surface area contributed by atoms with Crippen LogP contribution in [0.1, 0.15) is 22.6 Å². The minimum absolute atomic E-state index is 0.0936. The Labute approximate surface area is 162 Å². The molecule has 0 saturated carbocycles. The van der Waals surface area contributed by atoms with E-state index in [2.05, 4.69) is 16.0 Å². The summed E-state index contributed by atoms with van der Waals surface area (Å²) in [6.45, 7) is 4.18. The molecule has 0 spiro atoms. The molecule has 0 bridgehead atoms. The van der Waals surface area contributed by atoms with Crippen LogP contribution in [0.2, 0.25) is 0 Å². The van der Waals surface area contributed by atoms with Crippen LogP contribution >= 0.6 is 0 Å². The Balaban J connectivity index is 1.74. The first kappa shape index (κ1) is 17.6. The molecule has 4 aromatic rings. The van der Waals surface area contributed by atoms with Gasteiger partial charge < -0.3 is 0 Å². The number of nitriles is 1. The number of hydrogen-bond acceptors (Lipinski definition) is 4. The van der Waals surface area contributed by atoms with Crippen molar-refractivity contribution in [1.29, 1.82) is 5.26 Å². The third-order valence-corrected chi connectivity index (χ3v) is 4.80. The van der Waals surface area contributed by atoms with Gasteiger partial charge in [-0.3, -0.25) is 9.36 Å². The van der Waals surface area contributed by atoms with Crippen LogP contribution in [0, 0.1) is 25.2 Å². The standard InChI is InChI=1S/C23H18N4O/c1-15-20-11-12-22(28)27(23(20)26-16(2)25-15)14-17-7-9-18(10-8-17)21-6-4-3-5-19(21)13-24/h3-12H,14H2,1-2H3. The second-order valence-corrected chi connectivity index (χ2v) is 6.71. The van der Waals surface area contributed by atoms with E-state index in [1.165, 1.54) is 0 Å². The second-order valence-electron chi connectivity index (χ2n) is 6.71. The van der Waals surface area contributed by atoms with E-state index in [0.29, 0.717) is 23.6 Å². The Hall–Kier alpha value is -3.78. The molecule has 2 heterocycles. The van der Waals surface area contributed by atoms with Crippen molar-refractivity contribution in [2.24, 2.45) is 0 Å². The number of aromatic nitrogens is 3. The summed E-state index contributed by atoms with van der Waals surface area (Å²) >= 11 is 0. The van der Waals surface area contributed by atoms with Crippen LogP contribution < -0.4 is 5.56 Å². The summed E-state index contributed by atoms with van der Waals surface area (Å²) in [5.74, 6) is 0.646. The number of aryl methyl sites for hydroxylation is 2. The van der Waals surface area contributed by atoms with Crippen molar-refractivity contribution in [3.63, 3.8) is 0 Å². The van der Waals surface area contributed by atoms with Crippen molar-refractivity contribution in [2.75, 3.05) is 0 Å². The highest BCUT2D eigenvalue weighted by Gasteiger charge is 2.10. The van der Waals surface area contributed by atoms with Crippen LogP contribution in [-0.2, 0) is 6.54 Å². The summed E-state index contributed by atoms with van der Waals surface area (Å²) in [7, 11) is 0. The summed E-state index contributed by atoms with van der Waals surface area (Å²) in [6, 6.07) is 21.0. The van der Waals surface area contributed by atoms with Crippen molar-refractivity contribution in [3.8, 4) is 17.2 Å². The van der Waals surface area contributed by atoms with E-state index >= 15 is 0 Å². The normalized spacial score (nSPS) is 10.8. The van der Waals surface area contributed by atoms with Crippen molar-refractivity contribution in [2.45, 2.75) is 20.4 Å². The maximum absolute atomic E-state index is 12.5. The van der Waals surface area contributed by atoms with E-state index in [1.807, 2.05) is 62.4 Å². The molecule has 4 rings (SSSR count). The number of pyridine rings is 1. The molecule has 136 valence electrons. The number of rotatable bonds is 3. The lowest BCUT2D eigenvalue weighted by Crippen LogP contribution is -2.21. The largest absolute Gasteiger partial charge is 0.288 e. The molecule has 0 fully saturated rings. The van der Waals surface area contributed by atoms with Crippen LogP contribution in [0.5, 0.6) is 0 Å². The van der Waals surface area contributed by atoms with Gasteiger partial charge in [-0.2, -0.15) is 5.26 Å². The zero-order valence-electron chi connectivity index (χ0n) is 15.7. The maximum atomic E-state index is 12.5. The summed E-state index contributed by atoms with van der Waals surface area (Å²) in [6.07, 6.45) is 0. The van der Waals surface area contributed by atoms with Gasteiger partial charge in [0.25, 0.3) is 5.56 Å². The first-order chi connectivity index (χ1) is 13.6. The van der Waals surface area contributed by atoms with E-state index in [-0.39, 0.29) is 5.56 Å². The molecular formula is C23H18N4O.